The second kappa shape index (κ2) is 7.26. The number of rotatable bonds is 6. The van der Waals surface area contributed by atoms with Crippen molar-refractivity contribution >= 4 is 11.6 Å². The van der Waals surface area contributed by atoms with Crippen LogP contribution in [0.1, 0.15) is 0 Å². The molecule has 1 aromatic carbocycles. The van der Waals surface area contributed by atoms with Crippen molar-refractivity contribution in [2.45, 2.75) is 12.6 Å². The van der Waals surface area contributed by atoms with Gasteiger partial charge in [-0.1, -0.05) is 11.6 Å². The van der Waals surface area contributed by atoms with Gasteiger partial charge in [-0.15, -0.1) is 0 Å². The highest BCUT2D eigenvalue weighted by molar-refractivity contribution is 6.30. The summed E-state index contributed by atoms with van der Waals surface area (Å²) in [5.74, 6) is 1.46. The second-order valence-electron chi connectivity index (χ2n) is 5.06. The van der Waals surface area contributed by atoms with Crippen LogP contribution in [0.25, 0.3) is 11.4 Å². The minimum Gasteiger partial charge on any atom is -0.491 e. The summed E-state index contributed by atoms with van der Waals surface area (Å²) in [5.41, 5.74) is 0.954. The van der Waals surface area contributed by atoms with E-state index in [1.54, 1.807) is 42.9 Å². The fourth-order valence-electron chi connectivity index (χ4n) is 2.22. The Morgan fingerprint density at radius 1 is 1.09 bits per heavy atom. The van der Waals surface area contributed by atoms with E-state index in [0.29, 0.717) is 17.3 Å². The van der Waals surface area contributed by atoms with Gasteiger partial charge in [-0.2, -0.15) is 0 Å². The number of aliphatic hydroxyl groups is 1. The summed E-state index contributed by atoms with van der Waals surface area (Å²) < 4.78 is 7.46. The van der Waals surface area contributed by atoms with Gasteiger partial charge < -0.3 is 14.4 Å². The summed E-state index contributed by atoms with van der Waals surface area (Å²) in [6, 6.07) is 10.8. The second-order valence-corrected chi connectivity index (χ2v) is 5.49. The number of ether oxygens (including phenoxy) is 1. The van der Waals surface area contributed by atoms with Crippen LogP contribution in [0.2, 0.25) is 5.02 Å². The SMILES string of the molecule is OC(COc1ccc(Cl)cc1)Cn1ccnc1-c1ccncc1. The zero-order chi connectivity index (χ0) is 16.1. The molecule has 0 radical (unpaired) electrons. The molecule has 23 heavy (non-hydrogen) atoms. The molecule has 3 aromatic rings. The van der Waals surface area contributed by atoms with Crippen molar-refractivity contribution in [1.82, 2.24) is 14.5 Å². The predicted octanol–water partition coefficient (Wildman–Crippen LogP) is 3.04. The van der Waals surface area contributed by atoms with E-state index in [2.05, 4.69) is 9.97 Å². The molecular weight excluding hydrogens is 314 g/mol. The lowest BCUT2D eigenvalue weighted by Crippen LogP contribution is -2.23. The fourth-order valence-corrected chi connectivity index (χ4v) is 2.35. The molecule has 0 saturated heterocycles. The Bertz CT molecular complexity index is 744. The lowest BCUT2D eigenvalue weighted by molar-refractivity contribution is 0.0929. The normalized spacial score (nSPS) is 12.1. The van der Waals surface area contributed by atoms with Gasteiger partial charge in [0.15, 0.2) is 0 Å². The van der Waals surface area contributed by atoms with Gasteiger partial charge in [-0.25, -0.2) is 4.98 Å². The van der Waals surface area contributed by atoms with Crippen molar-refractivity contribution < 1.29 is 9.84 Å². The van der Waals surface area contributed by atoms with Crippen LogP contribution < -0.4 is 4.74 Å². The third kappa shape index (κ3) is 4.09. The number of aliphatic hydroxyl groups excluding tert-OH is 1. The monoisotopic (exact) mass is 329 g/mol. The molecule has 0 amide bonds. The van der Waals surface area contributed by atoms with Crippen LogP contribution in [0, 0.1) is 0 Å². The molecule has 118 valence electrons. The molecule has 0 bridgehead atoms. The van der Waals surface area contributed by atoms with Crippen LogP contribution in [0.3, 0.4) is 0 Å². The van der Waals surface area contributed by atoms with Crippen LogP contribution in [0.4, 0.5) is 0 Å². The van der Waals surface area contributed by atoms with Gasteiger partial charge in [0.1, 0.15) is 24.3 Å². The van der Waals surface area contributed by atoms with E-state index in [4.69, 9.17) is 16.3 Å². The van der Waals surface area contributed by atoms with Gasteiger partial charge in [-0.05, 0) is 36.4 Å². The molecule has 2 aromatic heterocycles. The number of benzene rings is 1. The zero-order valence-corrected chi connectivity index (χ0v) is 13.1. The Morgan fingerprint density at radius 3 is 2.57 bits per heavy atom. The van der Waals surface area contributed by atoms with Gasteiger partial charge >= 0.3 is 0 Å². The van der Waals surface area contributed by atoms with Gasteiger partial charge in [0, 0.05) is 35.4 Å². The maximum atomic E-state index is 10.2. The maximum absolute atomic E-state index is 10.2. The topological polar surface area (TPSA) is 60.2 Å². The Morgan fingerprint density at radius 2 is 1.83 bits per heavy atom. The van der Waals surface area contributed by atoms with Gasteiger partial charge in [0.25, 0.3) is 0 Å². The summed E-state index contributed by atoms with van der Waals surface area (Å²) in [7, 11) is 0. The molecule has 0 aliphatic heterocycles. The lowest BCUT2D eigenvalue weighted by Gasteiger charge is -2.15. The summed E-state index contributed by atoms with van der Waals surface area (Å²) in [6.45, 7) is 0.584. The molecule has 5 nitrogen and oxygen atoms in total. The number of halogens is 1. The number of hydrogen-bond acceptors (Lipinski definition) is 4. The van der Waals surface area contributed by atoms with Crippen LogP contribution in [0.5, 0.6) is 5.75 Å². The lowest BCUT2D eigenvalue weighted by atomic mass is 10.2. The third-order valence-electron chi connectivity index (χ3n) is 3.32. The van der Waals surface area contributed by atoms with E-state index in [0.717, 1.165) is 11.4 Å². The minimum absolute atomic E-state index is 0.190. The van der Waals surface area contributed by atoms with Crippen molar-refractivity contribution in [3.8, 4) is 17.1 Å². The smallest absolute Gasteiger partial charge is 0.140 e. The zero-order valence-electron chi connectivity index (χ0n) is 12.3. The van der Waals surface area contributed by atoms with Crippen molar-refractivity contribution in [3.63, 3.8) is 0 Å². The summed E-state index contributed by atoms with van der Waals surface area (Å²) in [6.07, 6.45) is 6.33. The van der Waals surface area contributed by atoms with Crippen molar-refractivity contribution in [3.05, 3.63) is 66.2 Å². The standard InChI is InChI=1S/C17H16ClN3O2/c18-14-1-3-16(4-2-14)23-12-15(22)11-21-10-9-20-17(21)13-5-7-19-8-6-13/h1-10,15,22H,11-12H2. The van der Waals surface area contributed by atoms with E-state index in [-0.39, 0.29) is 6.61 Å². The number of nitrogens with zero attached hydrogens (tertiary/aromatic N) is 3. The number of hydrogen-bond donors (Lipinski definition) is 1. The first-order chi connectivity index (χ1) is 11.2. The first kappa shape index (κ1) is 15.5. The highest BCUT2D eigenvalue weighted by atomic mass is 35.5. The van der Waals surface area contributed by atoms with Crippen LogP contribution >= 0.6 is 11.6 Å². The molecule has 1 N–H and O–H groups in total. The molecule has 2 heterocycles. The Labute approximate surface area is 139 Å². The van der Waals surface area contributed by atoms with E-state index >= 15 is 0 Å². The van der Waals surface area contributed by atoms with Crippen molar-refractivity contribution in [2.75, 3.05) is 6.61 Å². The quantitative estimate of drug-likeness (QED) is 0.755. The highest BCUT2D eigenvalue weighted by Gasteiger charge is 2.11. The average Bonchev–Trinajstić information content (AvgIpc) is 3.03. The highest BCUT2D eigenvalue weighted by Crippen LogP contribution is 2.18. The first-order valence-corrected chi connectivity index (χ1v) is 7.58. The predicted molar refractivity (Wildman–Crippen MR) is 88.4 cm³/mol. The van der Waals surface area contributed by atoms with E-state index in [1.165, 1.54) is 0 Å². The van der Waals surface area contributed by atoms with E-state index in [1.807, 2.05) is 22.9 Å². The molecule has 0 fully saturated rings. The average molecular weight is 330 g/mol. The molecule has 6 heteroatoms. The maximum Gasteiger partial charge on any atom is 0.140 e. The largest absolute Gasteiger partial charge is 0.491 e. The molecule has 0 spiro atoms. The minimum atomic E-state index is -0.652. The number of pyridine rings is 1. The van der Waals surface area contributed by atoms with Gasteiger partial charge in [0.05, 0.1) is 6.54 Å². The molecule has 0 aliphatic carbocycles. The molecule has 0 saturated carbocycles. The Hall–Kier alpha value is -2.37. The van der Waals surface area contributed by atoms with Crippen molar-refractivity contribution in [2.24, 2.45) is 0 Å². The number of aromatic nitrogens is 3. The third-order valence-corrected chi connectivity index (χ3v) is 3.57. The summed E-state index contributed by atoms with van der Waals surface area (Å²) in [5, 5.41) is 10.8. The summed E-state index contributed by atoms with van der Waals surface area (Å²) >= 11 is 5.83. The molecule has 1 atom stereocenters. The van der Waals surface area contributed by atoms with Gasteiger partial charge in [-0.3, -0.25) is 4.98 Å². The molecule has 1 unspecified atom stereocenters. The Kier molecular flexibility index (Phi) is 4.90. The van der Waals surface area contributed by atoms with Crippen LogP contribution in [0.15, 0.2) is 61.2 Å². The fraction of sp³-hybridized carbons (Fsp3) is 0.176. The van der Waals surface area contributed by atoms with Crippen molar-refractivity contribution in [1.29, 1.82) is 0 Å². The molecular formula is C17H16ClN3O2. The molecule has 3 rings (SSSR count). The van der Waals surface area contributed by atoms with E-state index < -0.39 is 6.10 Å². The van der Waals surface area contributed by atoms with E-state index in [9.17, 15) is 5.11 Å². The first-order valence-electron chi connectivity index (χ1n) is 7.20. The summed E-state index contributed by atoms with van der Waals surface area (Å²) in [4.78, 5) is 8.34. The van der Waals surface area contributed by atoms with Crippen LogP contribution in [-0.2, 0) is 6.54 Å². The van der Waals surface area contributed by atoms with Crippen LogP contribution in [-0.4, -0.2) is 32.4 Å². The number of imidazole rings is 1. The Balaban J connectivity index is 1.61. The van der Waals surface area contributed by atoms with Gasteiger partial charge in [0.2, 0.25) is 0 Å². The molecule has 0 aliphatic rings.